The minimum Gasteiger partial charge on any atom is -0.386 e. The maximum Gasteiger partial charge on any atom is 0.314 e. The monoisotopic (exact) mass is 342 g/mol. The Kier molecular flexibility index (Phi) is 7.39. The van der Waals surface area contributed by atoms with Crippen LogP contribution in [-0.4, -0.2) is 36.9 Å². The molecule has 2 amide bonds. The van der Waals surface area contributed by atoms with E-state index in [1.54, 1.807) is 0 Å². The number of carbonyl (C=O) groups excluding carboxylic acids is 1. The van der Waals surface area contributed by atoms with Gasteiger partial charge in [-0.2, -0.15) is 0 Å². The SMILES string of the molecule is O=C(NCCCOC1CCCC1)NCC(O)c1c(F)cccc1F. The van der Waals surface area contributed by atoms with Crippen molar-refractivity contribution in [3.05, 3.63) is 35.4 Å². The van der Waals surface area contributed by atoms with Crippen LogP contribution in [0.25, 0.3) is 0 Å². The van der Waals surface area contributed by atoms with Gasteiger partial charge in [0.25, 0.3) is 0 Å². The van der Waals surface area contributed by atoms with Gasteiger partial charge >= 0.3 is 6.03 Å². The van der Waals surface area contributed by atoms with Crippen LogP contribution in [-0.2, 0) is 4.74 Å². The average Bonchev–Trinajstić information content (AvgIpc) is 3.06. The Morgan fingerprint density at radius 3 is 2.58 bits per heavy atom. The van der Waals surface area contributed by atoms with Crippen LogP contribution in [0.3, 0.4) is 0 Å². The zero-order valence-corrected chi connectivity index (χ0v) is 13.6. The smallest absolute Gasteiger partial charge is 0.314 e. The standard InChI is InChI=1S/C17H24F2N2O3/c18-13-7-3-8-14(19)16(13)15(22)11-21-17(23)20-9-4-10-24-12-5-1-2-6-12/h3,7-8,12,15,22H,1-2,4-6,9-11H2,(H2,20,21,23). The molecule has 7 heteroatoms. The highest BCUT2D eigenvalue weighted by atomic mass is 19.1. The summed E-state index contributed by atoms with van der Waals surface area (Å²) in [5.74, 6) is -1.68. The molecular formula is C17H24F2N2O3. The summed E-state index contributed by atoms with van der Waals surface area (Å²) in [5, 5.41) is 14.8. The molecule has 1 unspecified atom stereocenters. The quantitative estimate of drug-likeness (QED) is 0.636. The molecule has 0 heterocycles. The van der Waals surface area contributed by atoms with Crippen LogP contribution in [0.15, 0.2) is 18.2 Å². The zero-order valence-electron chi connectivity index (χ0n) is 13.6. The number of amides is 2. The molecule has 2 rings (SSSR count). The molecule has 1 aromatic carbocycles. The number of benzene rings is 1. The molecule has 0 aromatic heterocycles. The van der Waals surface area contributed by atoms with E-state index in [0.29, 0.717) is 25.7 Å². The number of aliphatic hydroxyl groups excluding tert-OH is 1. The Balaban J connectivity index is 1.60. The molecule has 134 valence electrons. The van der Waals surface area contributed by atoms with E-state index in [1.807, 2.05) is 0 Å². The molecule has 0 aliphatic heterocycles. The largest absolute Gasteiger partial charge is 0.386 e. The molecule has 0 bridgehead atoms. The maximum atomic E-state index is 13.5. The third-order valence-electron chi connectivity index (χ3n) is 4.05. The highest BCUT2D eigenvalue weighted by Crippen LogP contribution is 2.21. The summed E-state index contributed by atoms with van der Waals surface area (Å²) in [6.45, 7) is 0.749. The Morgan fingerprint density at radius 2 is 1.92 bits per heavy atom. The third kappa shape index (κ3) is 5.72. The molecule has 1 atom stereocenters. The van der Waals surface area contributed by atoms with E-state index in [0.717, 1.165) is 25.0 Å². The van der Waals surface area contributed by atoms with Crippen molar-refractivity contribution >= 4 is 6.03 Å². The van der Waals surface area contributed by atoms with Crippen LogP contribution in [0.2, 0.25) is 0 Å². The van der Waals surface area contributed by atoms with Crippen molar-refractivity contribution in [3.63, 3.8) is 0 Å². The van der Waals surface area contributed by atoms with Gasteiger partial charge in [0.05, 0.1) is 11.7 Å². The first-order chi connectivity index (χ1) is 11.6. The van der Waals surface area contributed by atoms with Crippen molar-refractivity contribution in [2.75, 3.05) is 19.7 Å². The summed E-state index contributed by atoms with van der Waals surface area (Å²) in [6, 6.07) is 2.85. The molecule has 3 N–H and O–H groups in total. The lowest BCUT2D eigenvalue weighted by atomic mass is 10.1. The molecule has 24 heavy (non-hydrogen) atoms. The number of hydrogen-bond donors (Lipinski definition) is 3. The van der Waals surface area contributed by atoms with Crippen LogP contribution < -0.4 is 10.6 Å². The molecule has 1 aromatic rings. The Labute approximate surface area is 140 Å². The van der Waals surface area contributed by atoms with E-state index in [9.17, 15) is 18.7 Å². The summed E-state index contributed by atoms with van der Waals surface area (Å²) in [7, 11) is 0. The van der Waals surface area contributed by atoms with Gasteiger partial charge in [-0.05, 0) is 31.4 Å². The predicted molar refractivity (Wildman–Crippen MR) is 85.5 cm³/mol. The highest BCUT2D eigenvalue weighted by molar-refractivity contribution is 5.73. The fourth-order valence-electron chi connectivity index (χ4n) is 2.76. The number of urea groups is 1. The van der Waals surface area contributed by atoms with Gasteiger partial charge in [-0.3, -0.25) is 0 Å². The van der Waals surface area contributed by atoms with Crippen LogP contribution in [0.1, 0.15) is 43.8 Å². The van der Waals surface area contributed by atoms with Crippen LogP contribution in [0.5, 0.6) is 0 Å². The van der Waals surface area contributed by atoms with E-state index < -0.39 is 29.3 Å². The minimum absolute atomic E-state index is 0.276. The lowest BCUT2D eigenvalue weighted by Gasteiger charge is -2.14. The Hall–Kier alpha value is -1.73. The fraction of sp³-hybridized carbons (Fsp3) is 0.588. The van der Waals surface area contributed by atoms with Crippen molar-refractivity contribution in [1.29, 1.82) is 0 Å². The Bertz CT molecular complexity index is 516. The molecule has 1 aliphatic carbocycles. The van der Waals surface area contributed by atoms with Gasteiger partial charge in [0.2, 0.25) is 0 Å². The molecule has 5 nitrogen and oxygen atoms in total. The van der Waals surface area contributed by atoms with Gasteiger partial charge in [-0.25, -0.2) is 13.6 Å². The summed E-state index contributed by atoms with van der Waals surface area (Å²) >= 11 is 0. The second-order valence-electron chi connectivity index (χ2n) is 5.92. The van der Waals surface area contributed by atoms with Crippen molar-refractivity contribution in [2.24, 2.45) is 0 Å². The summed E-state index contributed by atoms with van der Waals surface area (Å²) in [4.78, 5) is 11.6. The van der Waals surface area contributed by atoms with Crippen LogP contribution in [0, 0.1) is 11.6 Å². The molecule has 1 saturated carbocycles. The number of carbonyl (C=O) groups is 1. The second-order valence-corrected chi connectivity index (χ2v) is 5.92. The molecular weight excluding hydrogens is 318 g/mol. The maximum absolute atomic E-state index is 13.5. The average molecular weight is 342 g/mol. The van der Waals surface area contributed by atoms with E-state index in [4.69, 9.17) is 4.74 Å². The lowest BCUT2D eigenvalue weighted by Crippen LogP contribution is -2.38. The molecule has 0 radical (unpaired) electrons. The first kappa shape index (κ1) is 18.6. The summed E-state index contributed by atoms with van der Waals surface area (Å²) in [5.41, 5.74) is -0.442. The zero-order chi connectivity index (χ0) is 17.4. The fourth-order valence-corrected chi connectivity index (χ4v) is 2.76. The van der Waals surface area contributed by atoms with Gasteiger partial charge in [-0.15, -0.1) is 0 Å². The van der Waals surface area contributed by atoms with E-state index >= 15 is 0 Å². The van der Waals surface area contributed by atoms with Gasteiger partial charge < -0.3 is 20.5 Å². The molecule has 1 aliphatic rings. The van der Waals surface area contributed by atoms with Gasteiger partial charge in [0, 0.05) is 19.7 Å². The van der Waals surface area contributed by atoms with Gasteiger partial charge in [0.15, 0.2) is 0 Å². The number of halogens is 2. The van der Waals surface area contributed by atoms with E-state index in [-0.39, 0.29) is 6.54 Å². The van der Waals surface area contributed by atoms with Crippen LogP contribution >= 0.6 is 0 Å². The van der Waals surface area contributed by atoms with Crippen molar-refractivity contribution in [1.82, 2.24) is 10.6 Å². The predicted octanol–water partition coefficient (Wildman–Crippen LogP) is 2.65. The molecule has 0 saturated heterocycles. The summed E-state index contributed by atoms with van der Waals surface area (Å²) < 4.78 is 32.7. The molecule has 1 fully saturated rings. The second kappa shape index (κ2) is 9.54. The van der Waals surface area contributed by atoms with Gasteiger partial charge in [0.1, 0.15) is 17.7 Å². The number of aliphatic hydroxyl groups is 1. The van der Waals surface area contributed by atoms with Crippen molar-refractivity contribution in [2.45, 2.75) is 44.3 Å². The van der Waals surface area contributed by atoms with Crippen molar-refractivity contribution in [3.8, 4) is 0 Å². The highest BCUT2D eigenvalue weighted by Gasteiger charge is 2.18. The summed E-state index contributed by atoms with van der Waals surface area (Å²) in [6.07, 6.45) is 4.25. The third-order valence-corrected chi connectivity index (χ3v) is 4.05. The van der Waals surface area contributed by atoms with E-state index in [1.165, 1.54) is 18.9 Å². The number of rotatable bonds is 8. The number of nitrogens with one attached hydrogen (secondary N) is 2. The van der Waals surface area contributed by atoms with Crippen molar-refractivity contribution < 1.29 is 23.4 Å². The van der Waals surface area contributed by atoms with Gasteiger partial charge in [-0.1, -0.05) is 18.9 Å². The minimum atomic E-state index is -1.44. The normalized spacial score (nSPS) is 16.1. The topological polar surface area (TPSA) is 70.6 Å². The number of hydrogen-bond acceptors (Lipinski definition) is 3. The molecule has 0 spiro atoms. The van der Waals surface area contributed by atoms with Crippen LogP contribution in [0.4, 0.5) is 13.6 Å². The first-order valence-electron chi connectivity index (χ1n) is 8.33. The van der Waals surface area contributed by atoms with E-state index in [2.05, 4.69) is 10.6 Å². The number of ether oxygens (including phenoxy) is 1. The first-order valence-corrected chi connectivity index (χ1v) is 8.33. The Morgan fingerprint density at radius 1 is 1.25 bits per heavy atom. The lowest BCUT2D eigenvalue weighted by molar-refractivity contribution is 0.0571.